The van der Waals surface area contributed by atoms with Gasteiger partial charge in [0.15, 0.2) is 0 Å². The van der Waals surface area contributed by atoms with E-state index in [9.17, 15) is 22.0 Å². The summed E-state index contributed by atoms with van der Waals surface area (Å²) in [6.45, 7) is 4.61. The van der Waals surface area contributed by atoms with E-state index in [0.717, 1.165) is 16.8 Å². The van der Waals surface area contributed by atoms with Crippen molar-refractivity contribution in [2.45, 2.75) is 50.6 Å². The monoisotopic (exact) mass is 323 g/mol. The summed E-state index contributed by atoms with van der Waals surface area (Å²) in [6.07, 6.45) is -1.16. The van der Waals surface area contributed by atoms with Crippen LogP contribution in [0, 0.1) is 0 Å². The zero-order valence-electron chi connectivity index (χ0n) is 12.1. The summed E-state index contributed by atoms with van der Waals surface area (Å²) in [5, 5.41) is 7.62. The summed E-state index contributed by atoms with van der Waals surface area (Å²) in [5.41, 5.74) is -0.709. The Hall–Kier alpha value is -1.48. The molecule has 0 radical (unpaired) electrons. The van der Waals surface area contributed by atoms with Gasteiger partial charge in [-0.25, -0.2) is 22.3 Å². The van der Waals surface area contributed by atoms with Gasteiger partial charge in [0.05, 0.1) is 6.54 Å². The van der Waals surface area contributed by atoms with Crippen molar-refractivity contribution in [1.29, 1.82) is 0 Å². The topological polar surface area (TPSA) is 94.2 Å². The quantitative estimate of drug-likeness (QED) is 0.826. The van der Waals surface area contributed by atoms with Gasteiger partial charge in [0.2, 0.25) is 10.0 Å². The summed E-state index contributed by atoms with van der Waals surface area (Å²) in [6, 6.07) is 0.999. The second-order valence-corrected chi connectivity index (χ2v) is 6.90. The molecule has 9 heteroatoms. The van der Waals surface area contributed by atoms with Crippen LogP contribution in [0.25, 0.3) is 0 Å². The minimum atomic E-state index is -4.07. The Labute approximate surface area is 122 Å². The number of alkyl halides is 2. The Balaban J connectivity index is 3.20. The van der Waals surface area contributed by atoms with Gasteiger partial charge in [-0.15, -0.1) is 0 Å². The van der Waals surface area contributed by atoms with Gasteiger partial charge in [-0.2, -0.15) is 0 Å². The minimum absolute atomic E-state index is 0.166. The lowest BCUT2D eigenvalue weighted by Crippen LogP contribution is -2.43. The number of hydrogen-bond donors (Lipinski definition) is 2. The highest BCUT2D eigenvalue weighted by Gasteiger charge is 2.24. The molecular weight excluding hydrogens is 304 g/mol. The van der Waals surface area contributed by atoms with Crippen molar-refractivity contribution in [3.63, 3.8) is 0 Å². The van der Waals surface area contributed by atoms with Crippen LogP contribution < -0.4 is 10.5 Å². The SMILES string of the molecule is CCC(C)(C)NC(=O)c1cc(S(N)(=O)=O)cn1CC(F)F. The molecule has 0 saturated carbocycles. The molecule has 3 N–H and O–H groups in total. The van der Waals surface area contributed by atoms with E-state index in [4.69, 9.17) is 5.14 Å². The first-order valence-electron chi connectivity index (χ1n) is 6.30. The van der Waals surface area contributed by atoms with Gasteiger partial charge >= 0.3 is 0 Å². The Morgan fingerprint density at radius 3 is 2.48 bits per heavy atom. The highest BCUT2D eigenvalue weighted by molar-refractivity contribution is 7.89. The third-order valence-electron chi connectivity index (χ3n) is 3.10. The number of aromatic nitrogens is 1. The lowest BCUT2D eigenvalue weighted by atomic mass is 10.0. The summed E-state index contributed by atoms with van der Waals surface area (Å²) in [4.78, 5) is 11.8. The number of amides is 1. The summed E-state index contributed by atoms with van der Waals surface area (Å²) >= 11 is 0. The van der Waals surface area contributed by atoms with Crippen molar-refractivity contribution >= 4 is 15.9 Å². The predicted molar refractivity (Wildman–Crippen MR) is 73.6 cm³/mol. The van der Waals surface area contributed by atoms with Gasteiger partial charge in [0.25, 0.3) is 12.3 Å². The smallest absolute Gasteiger partial charge is 0.268 e. The molecule has 0 aliphatic carbocycles. The zero-order valence-corrected chi connectivity index (χ0v) is 12.9. The Bertz CT molecular complexity index is 624. The number of carbonyl (C=O) groups excluding carboxylic acids is 1. The fraction of sp³-hybridized carbons (Fsp3) is 0.583. The van der Waals surface area contributed by atoms with E-state index in [1.165, 1.54) is 0 Å². The molecule has 6 nitrogen and oxygen atoms in total. The van der Waals surface area contributed by atoms with Crippen molar-refractivity contribution in [1.82, 2.24) is 9.88 Å². The van der Waals surface area contributed by atoms with Crippen molar-refractivity contribution in [3.05, 3.63) is 18.0 Å². The van der Waals surface area contributed by atoms with Gasteiger partial charge < -0.3 is 9.88 Å². The average Bonchev–Trinajstić information content (AvgIpc) is 2.71. The van der Waals surface area contributed by atoms with Crippen molar-refractivity contribution < 1.29 is 22.0 Å². The van der Waals surface area contributed by atoms with E-state index in [1.54, 1.807) is 13.8 Å². The predicted octanol–water partition coefficient (Wildman–Crippen LogP) is 1.32. The summed E-state index contributed by atoms with van der Waals surface area (Å²) < 4.78 is 48.6. The molecule has 0 aromatic carbocycles. The molecule has 21 heavy (non-hydrogen) atoms. The number of hydrogen-bond acceptors (Lipinski definition) is 3. The minimum Gasteiger partial charge on any atom is -0.346 e. The number of carbonyl (C=O) groups is 1. The number of primary sulfonamides is 1. The molecule has 0 atom stereocenters. The van der Waals surface area contributed by atoms with E-state index >= 15 is 0 Å². The molecule has 120 valence electrons. The fourth-order valence-corrected chi connectivity index (χ4v) is 2.14. The molecule has 0 fully saturated rings. The summed E-state index contributed by atoms with van der Waals surface area (Å²) in [5.74, 6) is -0.627. The van der Waals surface area contributed by atoms with Crippen LogP contribution in [0.4, 0.5) is 8.78 Å². The molecule has 0 aliphatic rings. The van der Waals surface area contributed by atoms with Gasteiger partial charge in [0, 0.05) is 11.7 Å². The third-order valence-corrected chi connectivity index (χ3v) is 3.98. The first-order valence-corrected chi connectivity index (χ1v) is 7.84. The van der Waals surface area contributed by atoms with Crippen LogP contribution in [-0.4, -0.2) is 30.9 Å². The van der Waals surface area contributed by atoms with Crippen molar-refractivity contribution in [2.75, 3.05) is 0 Å². The molecule has 1 aromatic rings. The number of nitrogens with one attached hydrogen (secondary N) is 1. The Morgan fingerprint density at radius 2 is 2.05 bits per heavy atom. The van der Waals surface area contributed by atoms with Crippen LogP contribution in [0.3, 0.4) is 0 Å². The van der Waals surface area contributed by atoms with Crippen LogP contribution in [0.5, 0.6) is 0 Å². The normalized spacial score (nSPS) is 12.7. The fourth-order valence-electron chi connectivity index (χ4n) is 1.59. The Kier molecular flexibility index (Phi) is 5.11. The van der Waals surface area contributed by atoms with Gasteiger partial charge in [0.1, 0.15) is 10.6 Å². The lowest BCUT2D eigenvalue weighted by molar-refractivity contribution is 0.0889. The second-order valence-electron chi connectivity index (χ2n) is 5.34. The highest BCUT2D eigenvalue weighted by Crippen LogP contribution is 2.17. The number of rotatable bonds is 6. The first-order chi connectivity index (χ1) is 9.46. The van der Waals surface area contributed by atoms with Crippen LogP contribution in [0.1, 0.15) is 37.7 Å². The van der Waals surface area contributed by atoms with E-state index < -0.39 is 34.4 Å². The number of halogens is 2. The first kappa shape index (κ1) is 17.6. The van der Waals surface area contributed by atoms with E-state index in [-0.39, 0.29) is 10.6 Å². The molecular formula is C12H19F2N3O3S. The van der Waals surface area contributed by atoms with Gasteiger partial charge in [-0.05, 0) is 26.3 Å². The number of sulfonamides is 1. The van der Waals surface area contributed by atoms with E-state index in [0.29, 0.717) is 6.42 Å². The highest BCUT2D eigenvalue weighted by atomic mass is 32.2. The van der Waals surface area contributed by atoms with E-state index in [1.807, 2.05) is 6.92 Å². The van der Waals surface area contributed by atoms with Gasteiger partial charge in [-0.1, -0.05) is 6.92 Å². The maximum atomic E-state index is 12.5. The Morgan fingerprint density at radius 1 is 1.48 bits per heavy atom. The summed E-state index contributed by atoms with van der Waals surface area (Å²) in [7, 11) is -4.07. The molecule has 0 spiro atoms. The second kappa shape index (κ2) is 6.10. The molecule has 1 amide bonds. The van der Waals surface area contributed by atoms with E-state index in [2.05, 4.69) is 5.32 Å². The maximum Gasteiger partial charge on any atom is 0.268 e. The van der Waals surface area contributed by atoms with Crippen LogP contribution in [0.2, 0.25) is 0 Å². The van der Waals surface area contributed by atoms with Gasteiger partial charge in [-0.3, -0.25) is 4.79 Å². The molecule has 0 unspecified atom stereocenters. The number of nitrogens with two attached hydrogens (primary N) is 1. The van der Waals surface area contributed by atoms with Crippen LogP contribution in [0.15, 0.2) is 17.2 Å². The molecule has 0 aliphatic heterocycles. The average molecular weight is 323 g/mol. The molecule has 1 aromatic heterocycles. The zero-order chi connectivity index (χ0) is 16.4. The maximum absolute atomic E-state index is 12.5. The standard InChI is InChI=1S/C12H19F2N3O3S/c1-4-12(2,3)16-11(18)9-5-8(21(15,19)20)6-17(9)7-10(13)14/h5-6,10H,4,7H2,1-3H3,(H,16,18)(H2,15,19,20). The molecule has 0 bridgehead atoms. The van der Waals surface area contributed by atoms with Crippen LogP contribution in [-0.2, 0) is 16.6 Å². The third kappa shape index (κ3) is 4.78. The van der Waals surface area contributed by atoms with Crippen LogP contribution >= 0.6 is 0 Å². The largest absolute Gasteiger partial charge is 0.346 e. The van der Waals surface area contributed by atoms with Crippen molar-refractivity contribution in [2.24, 2.45) is 5.14 Å². The molecule has 1 rings (SSSR count). The lowest BCUT2D eigenvalue weighted by Gasteiger charge is -2.24. The van der Waals surface area contributed by atoms with Crippen molar-refractivity contribution in [3.8, 4) is 0 Å². The molecule has 0 saturated heterocycles. The molecule has 1 heterocycles. The number of nitrogens with zero attached hydrogens (tertiary/aromatic N) is 1.